The van der Waals surface area contributed by atoms with E-state index < -0.39 is 23.8 Å². The molecule has 0 bridgehead atoms. The number of nitrogens with two attached hydrogens (primary N) is 1. The normalized spacial score (nSPS) is 9.60. The average molecular weight is 283 g/mol. The van der Waals surface area contributed by atoms with E-state index in [-0.39, 0.29) is 24.4 Å². The predicted molar refractivity (Wildman–Crippen MR) is 67.6 cm³/mol. The maximum Gasteiger partial charge on any atom is 0.404 e. The lowest BCUT2D eigenvalue weighted by Gasteiger charge is -2.08. The molecule has 0 aliphatic heterocycles. The zero-order chi connectivity index (χ0) is 15.1. The molecule has 0 aliphatic carbocycles. The van der Waals surface area contributed by atoms with Crippen molar-refractivity contribution in [1.29, 1.82) is 0 Å². The molecule has 0 aliphatic rings. The van der Waals surface area contributed by atoms with Crippen molar-refractivity contribution in [1.82, 2.24) is 5.32 Å². The van der Waals surface area contributed by atoms with E-state index in [0.717, 1.165) is 12.1 Å². The molecule has 0 unspecified atom stereocenters. The number of rotatable bonds is 5. The Labute approximate surface area is 113 Å². The van der Waals surface area contributed by atoms with Crippen LogP contribution in [0.15, 0.2) is 18.2 Å². The minimum atomic E-state index is -1.32. The number of carbonyl (C=O) groups excluding carboxylic acids is 2. The van der Waals surface area contributed by atoms with E-state index in [1.54, 1.807) is 0 Å². The standard InChI is InChI=1S/C11H13N3O6/c12-10(18)20-4-3-13-11(19)14-6-1-2-8(15)7(5-6)9(16)17/h1-2,5,15H,3-4H2,(H2,12,18)(H,16,17)(H2,13,14,19). The fourth-order valence-electron chi connectivity index (χ4n) is 1.28. The van der Waals surface area contributed by atoms with Crippen LogP contribution in [-0.4, -0.2) is 41.5 Å². The summed E-state index contributed by atoms with van der Waals surface area (Å²) in [7, 11) is 0. The summed E-state index contributed by atoms with van der Waals surface area (Å²) in [6, 6.07) is 2.97. The number of primary amides is 1. The van der Waals surface area contributed by atoms with Gasteiger partial charge in [-0.1, -0.05) is 0 Å². The third-order valence-corrected chi connectivity index (χ3v) is 2.12. The van der Waals surface area contributed by atoms with Crippen molar-refractivity contribution in [3.63, 3.8) is 0 Å². The summed E-state index contributed by atoms with van der Waals surface area (Å²) in [6.07, 6.45) is -0.947. The third kappa shape index (κ3) is 4.72. The SMILES string of the molecule is NC(=O)OCCNC(=O)Nc1ccc(O)c(C(=O)O)c1. The van der Waals surface area contributed by atoms with E-state index in [4.69, 9.17) is 10.8 Å². The van der Waals surface area contributed by atoms with Gasteiger partial charge in [-0.2, -0.15) is 0 Å². The van der Waals surface area contributed by atoms with E-state index >= 15 is 0 Å². The lowest BCUT2D eigenvalue weighted by atomic mass is 10.2. The van der Waals surface area contributed by atoms with Crippen LogP contribution in [0.2, 0.25) is 0 Å². The van der Waals surface area contributed by atoms with E-state index in [1.165, 1.54) is 6.07 Å². The van der Waals surface area contributed by atoms with Crippen LogP contribution in [0.25, 0.3) is 0 Å². The first-order valence-corrected chi connectivity index (χ1v) is 5.43. The van der Waals surface area contributed by atoms with Gasteiger partial charge in [0.1, 0.15) is 17.9 Å². The van der Waals surface area contributed by atoms with Gasteiger partial charge in [-0.25, -0.2) is 14.4 Å². The largest absolute Gasteiger partial charge is 0.507 e. The Balaban J connectivity index is 2.52. The molecule has 1 rings (SSSR count). The zero-order valence-corrected chi connectivity index (χ0v) is 10.3. The molecule has 0 aromatic heterocycles. The Morgan fingerprint density at radius 1 is 1.30 bits per heavy atom. The predicted octanol–water partition coefficient (Wildman–Crippen LogP) is 0.307. The molecule has 0 spiro atoms. The van der Waals surface area contributed by atoms with Crippen molar-refractivity contribution in [2.45, 2.75) is 0 Å². The number of carbonyl (C=O) groups is 3. The molecule has 9 nitrogen and oxygen atoms in total. The fraction of sp³-hybridized carbons (Fsp3) is 0.182. The molecule has 0 saturated heterocycles. The van der Waals surface area contributed by atoms with Crippen molar-refractivity contribution in [3.05, 3.63) is 23.8 Å². The molecule has 0 heterocycles. The Morgan fingerprint density at radius 3 is 2.60 bits per heavy atom. The highest BCUT2D eigenvalue weighted by molar-refractivity contribution is 5.95. The summed E-state index contributed by atoms with van der Waals surface area (Å²) < 4.78 is 4.39. The first-order chi connectivity index (χ1) is 9.40. The highest BCUT2D eigenvalue weighted by Gasteiger charge is 2.11. The number of aromatic carboxylic acids is 1. The number of nitrogens with one attached hydrogen (secondary N) is 2. The summed E-state index contributed by atoms with van der Waals surface area (Å²) in [6.45, 7) is -0.0443. The van der Waals surface area contributed by atoms with Gasteiger partial charge in [0.05, 0.1) is 6.54 Å². The number of ether oxygens (including phenoxy) is 1. The number of urea groups is 1. The number of carboxylic acids is 1. The first kappa shape index (κ1) is 15.1. The fourth-order valence-corrected chi connectivity index (χ4v) is 1.28. The minimum Gasteiger partial charge on any atom is -0.507 e. The highest BCUT2D eigenvalue weighted by atomic mass is 16.5. The maximum atomic E-state index is 11.4. The number of aromatic hydroxyl groups is 1. The van der Waals surface area contributed by atoms with E-state index in [0.29, 0.717) is 0 Å². The number of phenols is 1. The molecular weight excluding hydrogens is 270 g/mol. The van der Waals surface area contributed by atoms with Crippen LogP contribution >= 0.6 is 0 Å². The Hall–Kier alpha value is -2.97. The molecule has 0 saturated carbocycles. The van der Waals surface area contributed by atoms with Crippen LogP contribution in [0.1, 0.15) is 10.4 Å². The van der Waals surface area contributed by atoms with Crippen LogP contribution in [0.5, 0.6) is 5.75 Å². The van der Waals surface area contributed by atoms with Crippen molar-refractivity contribution in [2.24, 2.45) is 5.73 Å². The van der Waals surface area contributed by atoms with Gasteiger partial charge in [-0.15, -0.1) is 0 Å². The second-order valence-electron chi connectivity index (χ2n) is 3.59. The van der Waals surface area contributed by atoms with Crippen LogP contribution in [0.4, 0.5) is 15.3 Å². The molecule has 6 N–H and O–H groups in total. The first-order valence-electron chi connectivity index (χ1n) is 5.43. The van der Waals surface area contributed by atoms with Gasteiger partial charge in [0.15, 0.2) is 0 Å². The van der Waals surface area contributed by atoms with Gasteiger partial charge >= 0.3 is 18.1 Å². The van der Waals surface area contributed by atoms with Crippen LogP contribution in [0, 0.1) is 0 Å². The number of amides is 3. The van der Waals surface area contributed by atoms with Gasteiger partial charge in [-0.05, 0) is 18.2 Å². The van der Waals surface area contributed by atoms with Crippen molar-refractivity contribution >= 4 is 23.8 Å². The Kier molecular flexibility index (Phi) is 5.15. The summed E-state index contributed by atoms with van der Waals surface area (Å²) in [4.78, 5) is 32.5. The van der Waals surface area contributed by atoms with Gasteiger partial charge < -0.3 is 31.3 Å². The monoisotopic (exact) mass is 283 g/mol. The number of benzene rings is 1. The Morgan fingerprint density at radius 2 is 2.00 bits per heavy atom. The lowest BCUT2D eigenvalue weighted by molar-refractivity contribution is 0.0693. The molecule has 0 atom stereocenters. The second-order valence-corrected chi connectivity index (χ2v) is 3.59. The maximum absolute atomic E-state index is 11.4. The molecule has 108 valence electrons. The number of anilines is 1. The lowest BCUT2D eigenvalue weighted by Crippen LogP contribution is -2.32. The van der Waals surface area contributed by atoms with E-state index in [9.17, 15) is 19.5 Å². The molecule has 9 heteroatoms. The molecule has 0 fully saturated rings. The molecule has 1 aromatic rings. The number of carboxylic acid groups (broad SMARTS) is 1. The summed E-state index contributed by atoms with van der Waals surface area (Å²) in [5.74, 6) is -1.72. The third-order valence-electron chi connectivity index (χ3n) is 2.12. The molecule has 3 amide bonds. The number of hydrogen-bond acceptors (Lipinski definition) is 5. The van der Waals surface area contributed by atoms with Crippen LogP contribution < -0.4 is 16.4 Å². The van der Waals surface area contributed by atoms with Gasteiger partial charge in [-0.3, -0.25) is 0 Å². The average Bonchev–Trinajstić information content (AvgIpc) is 2.36. The minimum absolute atomic E-state index is 0.0403. The van der Waals surface area contributed by atoms with Crippen LogP contribution in [-0.2, 0) is 4.74 Å². The smallest absolute Gasteiger partial charge is 0.404 e. The zero-order valence-electron chi connectivity index (χ0n) is 10.3. The summed E-state index contributed by atoms with van der Waals surface area (Å²) in [5, 5.41) is 22.8. The van der Waals surface area contributed by atoms with Gasteiger partial charge in [0.2, 0.25) is 0 Å². The molecular formula is C11H13N3O6. The van der Waals surface area contributed by atoms with Crippen molar-refractivity contribution < 1.29 is 29.3 Å². The van der Waals surface area contributed by atoms with Gasteiger partial charge in [0, 0.05) is 5.69 Å². The highest BCUT2D eigenvalue weighted by Crippen LogP contribution is 2.21. The van der Waals surface area contributed by atoms with Crippen LogP contribution in [0.3, 0.4) is 0 Å². The molecule has 0 radical (unpaired) electrons. The topological polar surface area (TPSA) is 151 Å². The quantitative estimate of drug-likeness (QED) is 0.387. The molecule has 1 aromatic carbocycles. The summed E-state index contributed by atoms with van der Waals surface area (Å²) in [5.41, 5.74) is 4.58. The van der Waals surface area contributed by atoms with E-state index in [2.05, 4.69) is 15.4 Å². The van der Waals surface area contributed by atoms with E-state index in [1.807, 2.05) is 0 Å². The van der Waals surface area contributed by atoms with Gasteiger partial charge in [0.25, 0.3) is 0 Å². The molecule has 20 heavy (non-hydrogen) atoms. The Bertz CT molecular complexity index is 531. The second kappa shape index (κ2) is 6.83. The number of hydrogen-bond donors (Lipinski definition) is 5. The van der Waals surface area contributed by atoms with Crippen molar-refractivity contribution in [2.75, 3.05) is 18.5 Å². The van der Waals surface area contributed by atoms with Crippen molar-refractivity contribution in [3.8, 4) is 5.75 Å². The summed E-state index contributed by atoms with van der Waals surface area (Å²) >= 11 is 0.